The monoisotopic (exact) mass is 182 g/mol. The van der Waals surface area contributed by atoms with Crippen LogP contribution in [0.1, 0.15) is 33.1 Å². The van der Waals surface area contributed by atoms with Gasteiger partial charge in [0.25, 0.3) is 0 Å². The van der Waals surface area contributed by atoms with Crippen LogP contribution in [0.3, 0.4) is 0 Å². The Balaban J connectivity index is 1.45. The minimum Gasteiger partial charge on any atom is -0.314 e. The molecule has 0 radical (unpaired) electrons. The van der Waals surface area contributed by atoms with Crippen LogP contribution in [-0.2, 0) is 0 Å². The average molecular weight is 182 g/mol. The first-order valence-corrected chi connectivity index (χ1v) is 5.61. The highest BCUT2D eigenvalue weighted by Crippen LogP contribution is 2.28. The molecule has 0 unspecified atom stereocenters. The molecule has 1 heterocycles. The summed E-state index contributed by atoms with van der Waals surface area (Å²) < 4.78 is 0. The SMILES string of the molecule is CC1(C)CN(CCCNC2CC2)C1. The number of nitrogens with one attached hydrogen (secondary N) is 1. The highest BCUT2D eigenvalue weighted by atomic mass is 15.2. The molecule has 1 aliphatic carbocycles. The molecule has 0 spiro atoms. The molecule has 2 fully saturated rings. The lowest BCUT2D eigenvalue weighted by Crippen LogP contribution is -2.53. The van der Waals surface area contributed by atoms with Crippen molar-refractivity contribution in [1.82, 2.24) is 10.2 Å². The molecule has 0 atom stereocenters. The quantitative estimate of drug-likeness (QED) is 0.648. The lowest BCUT2D eigenvalue weighted by Gasteiger charge is -2.46. The second kappa shape index (κ2) is 3.58. The molecule has 1 N–H and O–H groups in total. The highest BCUT2D eigenvalue weighted by molar-refractivity contribution is 4.87. The van der Waals surface area contributed by atoms with Gasteiger partial charge in [-0.25, -0.2) is 0 Å². The maximum Gasteiger partial charge on any atom is 0.00682 e. The average Bonchev–Trinajstić information content (AvgIpc) is 2.77. The Kier molecular flexibility index (Phi) is 2.61. The van der Waals surface area contributed by atoms with Crippen LogP contribution in [0.25, 0.3) is 0 Å². The van der Waals surface area contributed by atoms with E-state index in [1.54, 1.807) is 0 Å². The molecule has 13 heavy (non-hydrogen) atoms. The van der Waals surface area contributed by atoms with Crippen LogP contribution >= 0.6 is 0 Å². The van der Waals surface area contributed by atoms with Gasteiger partial charge in [-0.3, -0.25) is 0 Å². The topological polar surface area (TPSA) is 15.3 Å². The zero-order valence-electron chi connectivity index (χ0n) is 8.97. The van der Waals surface area contributed by atoms with Crippen molar-refractivity contribution in [3.05, 3.63) is 0 Å². The molecular formula is C11H22N2. The van der Waals surface area contributed by atoms with Gasteiger partial charge in [0.05, 0.1) is 0 Å². The fourth-order valence-corrected chi connectivity index (χ4v) is 2.22. The molecule has 0 aromatic heterocycles. The summed E-state index contributed by atoms with van der Waals surface area (Å²) in [5.41, 5.74) is 0.601. The Morgan fingerprint density at radius 2 is 2.00 bits per heavy atom. The van der Waals surface area contributed by atoms with Crippen molar-refractivity contribution in [2.24, 2.45) is 5.41 Å². The minimum atomic E-state index is 0.601. The number of rotatable bonds is 5. The van der Waals surface area contributed by atoms with Gasteiger partial charge in [-0.1, -0.05) is 13.8 Å². The summed E-state index contributed by atoms with van der Waals surface area (Å²) >= 11 is 0. The smallest absolute Gasteiger partial charge is 0.00682 e. The molecule has 0 bridgehead atoms. The fourth-order valence-electron chi connectivity index (χ4n) is 2.22. The molecular weight excluding hydrogens is 160 g/mol. The molecule has 2 heteroatoms. The summed E-state index contributed by atoms with van der Waals surface area (Å²) in [5, 5.41) is 3.55. The zero-order valence-corrected chi connectivity index (χ0v) is 8.97. The highest BCUT2D eigenvalue weighted by Gasteiger charge is 2.33. The Bertz CT molecular complexity index is 165. The van der Waals surface area contributed by atoms with E-state index in [0.29, 0.717) is 5.41 Å². The van der Waals surface area contributed by atoms with Crippen molar-refractivity contribution in [1.29, 1.82) is 0 Å². The molecule has 0 aromatic carbocycles. The predicted octanol–water partition coefficient (Wildman–Crippen LogP) is 1.47. The first-order chi connectivity index (χ1) is 6.16. The first kappa shape index (κ1) is 9.47. The van der Waals surface area contributed by atoms with E-state index in [-0.39, 0.29) is 0 Å². The largest absolute Gasteiger partial charge is 0.314 e. The lowest BCUT2D eigenvalue weighted by atomic mass is 9.84. The number of hydrogen-bond acceptors (Lipinski definition) is 2. The van der Waals surface area contributed by atoms with Gasteiger partial charge in [-0.2, -0.15) is 0 Å². The van der Waals surface area contributed by atoms with Gasteiger partial charge in [0.2, 0.25) is 0 Å². The van der Waals surface area contributed by atoms with Crippen LogP contribution in [0.15, 0.2) is 0 Å². The van der Waals surface area contributed by atoms with Crippen molar-refractivity contribution in [3.8, 4) is 0 Å². The van der Waals surface area contributed by atoms with Crippen LogP contribution < -0.4 is 5.32 Å². The predicted molar refractivity (Wildman–Crippen MR) is 55.9 cm³/mol. The summed E-state index contributed by atoms with van der Waals surface area (Å²) in [4.78, 5) is 2.56. The fraction of sp³-hybridized carbons (Fsp3) is 1.00. The zero-order chi connectivity index (χ0) is 9.31. The van der Waals surface area contributed by atoms with Gasteiger partial charge in [-0.15, -0.1) is 0 Å². The number of likely N-dealkylation sites (tertiary alicyclic amines) is 1. The Hall–Kier alpha value is -0.0800. The molecule has 0 aromatic rings. The van der Waals surface area contributed by atoms with E-state index in [4.69, 9.17) is 0 Å². The third-order valence-corrected chi connectivity index (χ3v) is 2.96. The standard InChI is InChI=1S/C11H22N2/c1-11(2)8-13(9-11)7-3-6-12-10-4-5-10/h10,12H,3-9H2,1-2H3. The maximum absolute atomic E-state index is 3.55. The van der Waals surface area contributed by atoms with Crippen molar-refractivity contribution in [2.75, 3.05) is 26.2 Å². The van der Waals surface area contributed by atoms with Gasteiger partial charge in [0, 0.05) is 19.1 Å². The summed E-state index contributed by atoms with van der Waals surface area (Å²) in [6.45, 7) is 9.83. The van der Waals surface area contributed by atoms with Gasteiger partial charge >= 0.3 is 0 Å². The molecule has 1 saturated heterocycles. The Morgan fingerprint density at radius 3 is 2.54 bits per heavy atom. The van der Waals surface area contributed by atoms with Crippen LogP contribution in [0, 0.1) is 5.41 Å². The number of hydrogen-bond donors (Lipinski definition) is 1. The van der Waals surface area contributed by atoms with E-state index in [2.05, 4.69) is 24.1 Å². The number of nitrogens with zero attached hydrogens (tertiary/aromatic N) is 1. The van der Waals surface area contributed by atoms with E-state index in [0.717, 1.165) is 6.04 Å². The Morgan fingerprint density at radius 1 is 1.31 bits per heavy atom. The van der Waals surface area contributed by atoms with Crippen molar-refractivity contribution < 1.29 is 0 Å². The van der Waals surface area contributed by atoms with Crippen LogP contribution in [-0.4, -0.2) is 37.1 Å². The summed E-state index contributed by atoms with van der Waals surface area (Å²) in [7, 11) is 0. The normalized spacial score (nSPS) is 27.2. The summed E-state index contributed by atoms with van der Waals surface area (Å²) in [5.74, 6) is 0. The Labute approximate surface area is 81.7 Å². The van der Waals surface area contributed by atoms with Gasteiger partial charge < -0.3 is 10.2 Å². The molecule has 2 aliphatic rings. The molecule has 0 amide bonds. The van der Waals surface area contributed by atoms with Crippen molar-refractivity contribution in [2.45, 2.75) is 39.2 Å². The summed E-state index contributed by atoms with van der Waals surface area (Å²) in [6, 6.07) is 0.882. The lowest BCUT2D eigenvalue weighted by molar-refractivity contribution is 0.0306. The third-order valence-electron chi connectivity index (χ3n) is 2.96. The van der Waals surface area contributed by atoms with Gasteiger partial charge in [0.1, 0.15) is 0 Å². The maximum atomic E-state index is 3.55. The van der Waals surface area contributed by atoms with E-state index in [1.165, 1.54) is 45.4 Å². The molecule has 76 valence electrons. The molecule has 2 nitrogen and oxygen atoms in total. The molecule has 1 saturated carbocycles. The van der Waals surface area contributed by atoms with Crippen LogP contribution in [0.4, 0.5) is 0 Å². The van der Waals surface area contributed by atoms with E-state index >= 15 is 0 Å². The van der Waals surface area contributed by atoms with E-state index in [1.807, 2.05) is 0 Å². The van der Waals surface area contributed by atoms with Crippen LogP contribution in [0.2, 0.25) is 0 Å². The molecule has 1 aliphatic heterocycles. The second-order valence-electron chi connectivity index (χ2n) is 5.46. The van der Waals surface area contributed by atoms with Crippen LogP contribution in [0.5, 0.6) is 0 Å². The summed E-state index contributed by atoms with van der Waals surface area (Å²) in [6.07, 6.45) is 4.15. The molecule has 2 rings (SSSR count). The minimum absolute atomic E-state index is 0.601. The van der Waals surface area contributed by atoms with E-state index in [9.17, 15) is 0 Å². The van der Waals surface area contributed by atoms with Crippen molar-refractivity contribution >= 4 is 0 Å². The third kappa shape index (κ3) is 2.96. The van der Waals surface area contributed by atoms with Gasteiger partial charge in [0.15, 0.2) is 0 Å². The van der Waals surface area contributed by atoms with E-state index < -0.39 is 0 Å². The second-order valence-corrected chi connectivity index (χ2v) is 5.46. The van der Waals surface area contributed by atoms with Crippen molar-refractivity contribution in [3.63, 3.8) is 0 Å². The van der Waals surface area contributed by atoms with Gasteiger partial charge in [-0.05, 0) is 37.8 Å². The first-order valence-electron chi connectivity index (χ1n) is 5.61.